The van der Waals surface area contributed by atoms with Crippen LogP contribution in [0.3, 0.4) is 0 Å². The average Bonchev–Trinajstić information content (AvgIpc) is 2.81. The molecule has 0 bridgehead atoms. The molecule has 2 aromatic carbocycles. The van der Waals surface area contributed by atoms with Crippen LogP contribution in [0, 0.1) is 11.8 Å². The minimum Gasteiger partial charge on any atom is -0.493 e. The minimum atomic E-state index is -0.740. The Morgan fingerprint density at radius 3 is 2.72 bits per heavy atom. The molecular weight excluding hydrogens is 408 g/mol. The summed E-state index contributed by atoms with van der Waals surface area (Å²) in [5.74, 6) is 5.85. The molecule has 0 radical (unpaired) electrons. The largest absolute Gasteiger partial charge is 0.493 e. The van der Waals surface area contributed by atoms with Gasteiger partial charge in [0.1, 0.15) is 5.56 Å². The minimum absolute atomic E-state index is 0.0702. The first kappa shape index (κ1) is 21.2. The van der Waals surface area contributed by atoms with Gasteiger partial charge in [0.05, 0.1) is 13.7 Å². The summed E-state index contributed by atoms with van der Waals surface area (Å²) in [6.45, 7) is 0.812. The Morgan fingerprint density at radius 1 is 1.16 bits per heavy atom. The Labute approximate surface area is 185 Å². The summed E-state index contributed by atoms with van der Waals surface area (Å²) in [6, 6.07) is 14.1. The summed E-state index contributed by atoms with van der Waals surface area (Å²) in [4.78, 5) is 38.5. The maximum absolute atomic E-state index is 12.4. The van der Waals surface area contributed by atoms with Gasteiger partial charge in [-0.2, -0.15) is 0 Å². The lowest BCUT2D eigenvalue weighted by molar-refractivity contribution is -0.119. The van der Waals surface area contributed by atoms with Crippen LogP contribution in [-0.2, 0) is 4.79 Å². The van der Waals surface area contributed by atoms with E-state index in [1.807, 2.05) is 24.3 Å². The van der Waals surface area contributed by atoms with Crippen molar-refractivity contribution in [2.75, 3.05) is 25.1 Å². The molecule has 162 valence electrons. The third-order valence-corrected chi connectivity index (χ3v) is 5.26. The molecule has 0 saturated carbocycles. The monoisotopic (exact) mass is 430 g/mol. The van der Waals surface area contributed by atoms with Gasteiger partial charge < -0.3 is 19.4 Å². The number of hydrogen-bond acceptors (Lipinski definition) is 5. The molecule has 1 fully saturated rings. The normalized spacial score (nSPS) is 13.4. The fourth-order valence-electron chi connectivity index (χ4n) is 3.61. The molecule has 1 aliphatic heterocycles. The van der Waals surface area contributed by atoms with Crippen LogP contribution in [0.4, 0.5) is 5.69 Å². The van der Waals surface area contributed by atoms with Crippen molar-refractivity contribution in [3.05, 3.63) is 70.1 Å². The highest BCUT2D eigenvalue weighted by Gasteiger charge is 2.19. The van der Waals surface area contributed by atoms with Gasteiger partial charge in [-0.3, -0.25) is 9.59 Å². The molecule has 1 aromatic heterocycles. The number of anilines is 1. The number of nitrogens with one attached hydrogen (secondary N) is 1. The molecule has 2 amide bonds. The van der Waals surface area contributed by atoms with Crippen LogP contribution >= 0.6 is 0 Å². The number of ether oxygens (including phenoxy) is 1. The number of nitrogens with zero attached hydrogens (tertiary/aromatic N) is 1. The van der Waals surface area contributed by atoms with Gasteiger partial charge in [0.15, 0.2) is 11.3 Å². The van der Waals surface area contributed by atoms with Gasteiger partial charge in [-0.25, -0.2) is 4.79 Å². The smallest absolute Gasteiger partial charge is 0.349 e. The van der Waals surface area contributed by atoms with E-state index in [9.17, 15) is 14.4 Å². The van der Waals surface area contributed by atoms with Crippen LogP contribution in [0.25, 0.3) is 11.0 Å². The van der Waals surface area contributed by atoms with E-state index in [0.717, 1.165) is 30.6 Å². The lowest BCUT2D eigenvalue weighted by atomic mass is 10.1. The van der Waals surface area contributed by atoms with Crippen LogP contribution < -0.4 is 20.6 Å². The molecule has 1 saturated heterocycles. The number of methoxy groups -OCH3 is 1. The second-order valence-electron chi connectivity index (χ2n) is 7.36. The first-order valence-electron chi connectivity index (χ1n) is 10.3. The van der Waals surface area contributed by atoms with Crippen molar-refractivity contribution < 1.29 is 18.7 Å². The molecule has 0 spiro atoms. The molecule has 7 nitrogen and oxygen atoms in total. The molecular formula is C25H22N2O5. The van der Waals surface area contributed by atoms with Gasteiger partial charge >= 0.3 is 5.63 Å². The molecule has 0 unspecified atom stereocenters. The van der Waals surface area contributed by atoms with Gasteiger partial charge in [0.25, 0.3) is 5.91 Å². The summed E-state index contributed by atoms with van der Waals surface area (Å²) in [5, 5.41) is 3.21. The SMILES string of the molecule is COc1cccc2cc(C(=O)NCC#Cc3ccc(N4CCCCC4=O)cc3)c(=O)oc12. The van der Waals surface area contributed by atoms with E-state index in [-0.39, 0.29) is 18.0 Å². The Morgan fingerprint density at radius 2 is 1.97 bits per heavy atom. The topological polar surface area (TPSA) is 88.9 Å². The van der Waals surface area contributed by atoms with E-state index in [1.54, 1.807) is 23.1 Å². The number of benzene rings is 2. The molecule has 0 aliphatic carbocycles. The number of amides is 2. The number of para-hydroxylation sites is 1. The van der Waals surface area contributed by atoms with Gasteiger partial charge in [-0.1, -0.05) is 24.0 Å². The number of piperidine rings is 1. The number of rotatable bonds is 4. The Balaban J connectivity index is 1.40. The van der Waals surface area contributed by atoms with Gasteiger partial charge in [0, 0.05) is 29.6 Å². The highest BCUT2D eigenvalue weighted by atomic mass is 16.5. The first-order chi connectivity index (χ1) is 15.6. The molecule has 3 aromatic rings. The fraction of sp³-hybridized carbons (Fsp3) is 0.240. The first-order valence-corrected chi connectivity index (χ1v) is 10.3. The molecule has 2 heterocycles. The summed E-state index contributed by atoms with van der Waals surface area (Å²) >= 11 is 0. The van der Waals surface area contributed by atoms with Gasteiger partial charge in [-0.15, -0.1) is 0 Å². The number of hydrogen-bond donors (Lipinski definition) is 1. The van der Waals surface area contributed by atoms with Crippen LogP contribution in [0.5, 0.6) is 5.75 Å². The third-order valence-electron chi connectivity index (χ3n) is 5.26. The van der Waals surface area contributed by atoms with E-state index in [2.05, 4.69) is 17.2 Å². The zero-order chi connectivity index (χ0) is 22.5. The summed E-state index contributed by atoms with van der Waals surface area (Å²) < 4.78 is 10.5. The molecule has 32 heavy (non-hydrogen) atoms. The Kier molecular flexibility index (Phi) is 6.22. The zero-order valence-electron chi connectivity index (χ0n) is 17.6. The van der Waals surface area contributed by atoms with Crippen molar-refractivity contribution in [3.8, 4) is 17.6 Å². The van der Waals surface area contributed by atoms with Crippen LogP contribution in [0.15, 0.2) is 57.7 Å². The number of carbonyl (C=O) groups excluding carboxylic acids is 2. The van der Waals surface area contributed by atoms with Gasteiger partial charge in [-0.05, 0) is 49.2 Å². The van der Waals surface area contributed by atoms with E-state index >= 15 is 0 Å². The molecule has 4 rings (SSSR count). The summed E-state index contributed by atoms with van der Waals surface area (Å²) in [7, 11) is 1.48. The lowest BCUT2D eigenvalue weighted by Crippen LogP contribution is -2.35. The lowest BCUT2D eigenvalue weighted by Gasteiger charge is -2.26. The fourth-order valence-corrected chi connectivity index (χ4v) is 3.61. The van der Waals surface area contributed by atoms with Crippen molar-refractivity contribution in [2.45, 2.75) is 19.3 Å². The van der Waals surface area contributed by atoms with Crippen LogP contribution in [-0.4, -0.2) is 32.0 Å². The number of carbonyl (C=O) groups is 2. The quantitative estimate of drug-likeness (QED) is 0.508. The van der Waals surface area contributed by atoms with Crippen LogP contribution in [0.2, 0.25) is 0 Å². The zero-order valence-corrected chi connectivity index (χ0v) is 17.6. The van der Waals surface area contributed by atoms with Gasteiger partial charge in [0.2, 0.25) is 5.91 Å². The predicted molar refractivity (Wildman–Crippen MR) is 121 cm³/mol. The average molecular weight is 430 g/mol. The third kappa shape index (κ3) is 4.49. The van der Waals surface area contributed by atoms with Crippen molar-refractivity contribution in [3.63, 3.8) is 0 Å². The highest BCUT2D eigenvalue weighted by molar-refractivity contribution is 5.97. The summed E-state index contributed by atoms with van der Waals surface area (Å²) in [6.07, 6.45) is 2.54. The molecule has 7 heteroatoms. The van der Waals surface area contributed by atoms with Crippen molar-refractivity contribution in [1.29, 1.82) is 0 Å². The maximum Gasteiger partial charge on any atom is 0.349 e. The van der Waals surface area contributed by atoms with E-state index < -0.39 is 11.5 Å². The number of fused-ring (bicyclic) bond motifs is 1. The molecule has 0 atom stereocenters. The second-order valence-corrected chi connectivity index (χ2v) is 7.36. The second kappa shape index (κ2) is 9.40. The Hall–Kier alpha value is -4.05. The predicted octanol–water partition coefficient (Wildman–Crippen LogP) is 3.10. The standard InChI is InChI=1S/C25H22N2O5/c1-31-21-8-4-7-18-16-20(25(30)32-23(18)21)24(29)26-14-5-6-17-10-12-19(13-11-17)27-15-3-2-9-22(27)28/h4,7-8,10-13,16H,2-3,9,14-15H2,1H3,(H,26,29). The summed E-state index contributed by atoms with van der Waals surface area (Å²) in [5.41, 5.74) is 1.10. The van der Waals surface area contributed by atoms with Crippen LogP contribution in [0.1, 0.15) is 35.2 Å². The van der Waals surface area contributed by atoms with Crippen molar-refractivity contribution >= 4 is 28.5 Å². The van der Waals surface area contributed by atoms with E-state index in [1.165, 1.54) is 13.2 Å². The van der Waals surface area contributed by atoms with E-state index in [4.69, 9.17) is 9.15 Å². The van der Waals surface area contributed by atoms with Crippen molar-refractivity contribution in [2.24, 2.45) is 0 Å². The maximum atomic E-state index is 12.4. The highest BCUT2D eigenvalue weighted by Crippen LogP contribution is 2.24. The Bertz CT molecular complexity index is 1280. The molecule has 1 N–H and O–H groups in total. The van der Waals surface area contributed by atoms with E-state index in [0.29, 0.717) is 23.1 Å². The molecule has 1 aliphatic rings. The van der Waals surface area contributed by atoms with Crippen molar-refractivity contribution in [1.82, 2.24) is 5.32 Å².